The van der Waals surface area contributed by atoms with E-state index < -0.39 is 49.0 Å². The van der Waals surface area contributed by atoms with Crippen LogP contribution < -0.4 is 10.5 Å². The third kappa shape index (κ3) is 8.52. The maximum Gasteiger partial charge on any atom is 0.457 e. The number of aryl methyl sites for hydroxylation is 1. The Bertz CT molecular complexity index is 774. The molecule has 160 valence electrons. The minimum Gasteiger partial charge on any atom is -0.478 e. The lowest BCUT2D eigenvalue weighted by Gasteiger charge is -2.28. The minimum atomic E-state index is -5.79. The van der Waals surface area contributed by atoms with Gasteiger partial charge in [-0.25, -0.2) is 14.6 Å². The van der Waals surface area contributed by atoms with E-state index in [1.54, 1.807) is 6.07 Å². The standard InChI is InChI=1S/C12H12F5N3O.C4H4O4/c1-7-2-3-8(6-19)10(20-7)21-9(4-5-18)11(13,14)12(15,16)17;5-3(6)1-2-4(7)8/h2-3,9H,4-5,18H2,1H3;1-2H,(H,5,6)(H,7,8)/b;2-1+. The number of nitrogens with zero attached hydrogens (tertiary/aromatic N) is 2. The minimum absolute atomic E-state index is 0.236. The molecule has 0 fully saturated rings. The Hall–Kier alpha value is -3.27. The molecule has 1 heterocycles. The van der Waals surface area contributed by atoms with Gasteiger partial charge in [-0.15, -0.1) is 0 Å². The molecule has 0 saturated carbocycles. The molecule has 1 aromatic rings. The summed E-state index contributed by atoms with van der Waals surface area (Å²) in [5, 5.41) is 24.4. The van der Waals surface area contributed by atoms with E-state index in [4.69, 9.17) is 21.2 Å². The Labute approximate surface area is 161 Å². The zero-order valence-corrected chi connectivity index (χ0v) is 14.8. The van der Waals surface area contributed by atoms with Crippen LogP contribution in [0.15, 0.2) is 24.3 Å². The molecule has 0 bridgehead atoms. The summed E-state index contributed by atoms with van der Waals surface area (Å²) in [5.41, 5.74) is 5.13. The summed E-state index contributed by atoms with van der Waals surface area (Å²) < 4.78 is 68.7. The number of alkyl halides is 5. The van der Waals surface area contributed by atoms with E-state index in [1.165, 1.54) is 19.1 Å². The molecule has 0 saturated heterocycles. The first-order valence-corrected chi connectivity index (χ1v) is 7.59. The summed E-state index contributed by atoms with van der Waals surface area (Å²) in [6.45, 7) is 1.04. The highest BCUT2D eigenvalue weighted by Gasteiger charge is 2.63. The topological polar surface area (TPSA) is 147 Å². The van der Waals surface area contributed by atoms with Gasteiger partial charge in [0.2, 0.25) is 5.88 Å². The molecule has 1 atom stereocenters. The van der Waals surface area contributed by atoms with Gasteiger partial charge in [0.1, 0.15) is 11.6 Å². The first-order valence-electron chi connectivity index (χ1n) is 7.59. The van der Waals surface area contributed by atoms with Gasteiger partial charge in [0.15, 0.2) is 6.10 Å². The third-order valence-corrected chi connectivity index (χ3v) is 2.95. The number of carboxylic acid groups (broad SMARTS) is 2. The number of hydrogen-bond acceptors (Lipinski definition) is 6. The fraction of sp³-hybridized carbons (Fsp3) is 0.375. The second kappa shape index (κ2) is 10.9. The van der Waals surface area contributed by atoms with Crippen LogP contribution in [0.25, 0.3) is 0 Å². The number of halogens is 5. The van der Waals surface area contributed by atoms with Crippen molar-refractivity contribution in [3.05, 3.63) is 35.5 Å². The molecular formula is C16H16F5N3O5. The Balaban J connectivity index is 0.000000828. The highest BCUT2D eigenvalue weighted by atomic mass is 19.4. The van der Waals surface area contributed by atoms with Crippen LogP contribution in [0.3, 0.4) is 0 Å². The number of aromatic nitrogens is 1. The largest absolute Gasteiger partial charge is 0.478 e. The van der Waals surface area contributed by atoms with Crippen LogP contribution in [-0.2, 0) is 9.59 Å². The SMILES string of the molecule is Cc1ccc(C#N)c(OC(CCN)C(F)(F)C(F)(F)F)n1.O=C(O)/C=C/C(=O)O. The van der Waals surface area contributed by atoms with Gasteiger partial charge in [0, 0.05) is 24.3 Å². The summed E-state index contributed by atoms with van der Waals surface area (Å²) in [7, 11) is 0. The predicted molar refractivity (Wildman–Crippen MR) is 87.2 cm³/mol. The van der Waals surface area contributed by atoms with Crippen molar-refractivity contribution < 1.29 is 46.5 Å². The Morgan fingerprint density at radius 1 is 1.24 bits per heavy atom. The molecular weight excluding hydrogens is 409 g/mol. The third-order valence-electron chi connectivity index (χ3n) is 2.95. The molecule has 8 nitrogen and oxygen atoms in total. The van der Waals surface area contributed by atoms with Gasteiger partial charge < -0.3 is 20.7 Å². The molecule has 0 aliphatic carbocycles. The molecule has 1 unspecified atom stereocenters. The highest BCUT2D eigenvalue weighted by molar-refractivity contribution is 5.89. The molecule has 0 aliphatic rings. The number of carboxylic acids is 2. The second-order valence-electron chi connectivity index (χ2n) is 5.23. The van der Waals surface area contributed by atoms with Crippen molar-refractivity contribution in [2.24, 2.45) is 5.73 Å². The van der Waals surface area contributed by atoms with Crippen LogP contribution in [0.1, 0.15) is 17.7 Å². The zero-order valence-electron chi connectivity index (χ0n) is 14.8. The van der Waals surface area contributed by atoms with E-state index in [-0.39, 0.29) is 5.56 Å². The quantitative estimate of drug-likeness (QED) is 0.445. The lowest BCUT2D eigenvalue weighted by Crippen LogP contribution is -2.50. The van der Waals surface area contributed by atoms with Crippen molar-refractivity contribution >= 4 is 11.9 Å². The molecule has 1 aromatic heterocycles. The molecule has 1 rings (SSSR count). The van der Waals surface area contributed by atoms with Crippen LogP contribution in [-0.4, -0.2) is 51.9 Å². The van der Waals surface area contributed by atoms with Gasteiger partial charge in [-0.2, -0.15) is 27.2 Å². The van der Waals surface area contributed by atoms with Crippen LogP contribution in [0.5, 0.6) is 5.88 Å². The van der Waals surface area contributed by atoms with Crippen molar-refractivity contribution in [3.8, 4) is 11.9 Å². The van der Waals surface area contributed by atoms with Gasteiger partial charge in [-0.1, -0.05) is 0 Å². The average molecular weight is 425 g/mol. The Kier molecular flexibility index (Phi) is 9.68. The van der Waals surface area contributed by atoms with Gasteiger partial charge in [0.25, 0.3) is 0 Å². The lowest BCUT2D eigenvalue weighted by molar-refractivity contribution is -0.309. The fourth-order valence-corrected chi connectivity index (χ4v) is 1.63. The first-order chi connectivity index (χ1) is 13.3. The molecule has 4 N–H and O–H groups in total. The molecule has 29 heavy (non-hydrogen) atoms. The van der Waals surface area contributed by atoms with Crippen molar-refractivity contribution in [2.75, 3.05) is 6.54 Å². The normalized spacial score (nSPS) is 12.5. The average Bonchev–Trinajstić information content (AvgIpc) is 2.59. The fourth-order valence-electron chi connectivity index (χ4n) is 1.63. The predicted octanol–water partition coefficient (Wildman–Crippen LogP) is 2.27. The number of ether oxygens (including phenoxy) is 1. The summed E-state index contributed by atoms with van der Waals surface area (Å²) in [5.74, 6) is -8.19. The molecule has 0 radical (unpaired) electrons. The van der Waals surface area contributed by atoms with Crippen molar-refractivity contribution in [1.29, 1.82) is 5.26 Å². The summed E-state index contributed by atoms with van der Waals surface area (Å²) >= 11 is 0. The number of nitriles is 1. The van der Waals surface area contributed by atoms with E-state index in [0.717, 1.165) is 0 Å². The molecule has 13 heteroatoms. The number of rotatable bonds is 7. The Morgan fingerprint density at radius 3 is 2.14 bits per heavy atom. The molecule has 0 aliphatic heterocycles. The number of aliphatic carboxylic acids is 2. The monoisotopic (exact) mass is 425 g/mol. The number of hydrogen-bond donors (Lipinski definition) is 3. The van der Waals surface area contributed by atoms with E-state index in [1.807, 2.05) is 0 Å². The van der Waals surface area contributed by atoms with Gasteiger partial charge in [-0.05, 0) is 25.6 Å². The van der Waals surface area contributed by atoms with Gasteiger partial charge in [-0.3, -0.25) is 0 Å². The van der Waals surface area contributed by atoms with Crippen LogP contribution in [0, 0.1) is 18.3 Å². The summed E-state index contributed by atoms with van der Waals surface area (Å²) in [6, 6.07) is 4.25. The van der Waals surface area contributed by atoms with Crippen molar-refractivity contribution in [2.45, 2.75) is 31.5 Å². The first kappa shape index (κ1) is 25.7. The van der Waals surface area contributed by atoms with E-state index in [9.17, 15) is 31.5 Å². The number of pyridine rings is 1. The summed E-state index contributed by atoms with van der Waals surface area (Å²) in [6.07, 6.45) is -7.97. The maximum absolute atomic E-state index is 13.4. The number of nitrogens with two attached hydrogens (primary N) is 1. The van der Waals surface area contributed by atoms with Crippen LogP contribution >= 0.6 is 0 Å². The lowest BCUT2D eigenvalue weighted by atomic mass is 10.1. The molecule has 0 spiro atoms. The van der Waals surface area contributed by atoms with Crippen molar-refractivity contribution in [3.63, 3.8) is 0 Å². The van der Waals surface area contributed by atoms with E-state index >= 15 is 0 Å². The molecule has 0 amide bonds. The number of carbonyl (C=O) groups is 2. The highest BCUT2D eigenvalue weighted by Crippen LogP contribution is 2.40. The molecule has 0 aromatic carbocycles. The van der Waals surface area contributed by atoms with Gasteiger partial charge >= 0.3 is 24.0 Å². The smallest absolute Gasteiger partial charge is 0.457 e. The van der Waals surface area contributed by atoms with E-state index in [0.29, 0.717) is 17.8 Å². The second-order valence-corrected chi connectivity index (χ2v) is 5.23. The van der Waals surface area contributed by atoms with Gasteiger partial charge in [0.05, 0.1) is 0 Å². The summed E-state index contributed by atoms with van der Waals surface area (Å²) in [4.78, 5) is 22.8. The Morgan fingerprint density at radius 2 is 1.76 bits per heavy atom. The maximum atomic E-state index is 13.4. The van der Waals surface area contributed by atoms with Crippen LogP contribution in [0.2, 0.25) is 0 Å². The van der Waals surface area contributed by atoms with E-state index in [2.05, 4.69) is 9.72 Å². The zero-order chi connectivity index (χ0) is 22.8. The van der Waals surface area contributed by atoms with Crippen molar-refractivity contribution in [1.82, 2.24) is 4.98 Å². The van der Waals surface area contributed by atoms with Crippen LogP contribution in [0.4, 0.5) is 22.0 Å².